The highest BCUT2D eigenvalue weighted by molar-refractivity contribution is 14.0. The van der Waals surface area contributed by atoms with Crippen LogP contribution in [-0.2, 0) is 0 Å². The van der Waals surface area contributed by atoms with Crippen LogP contribution in [0.1, 0.15) is 20.8 Å². The lowest BCUT2D eigenvalue weighted by Crippen LogP contribution is -2.44. The van der Waals surface area contributed by atoms with E-state index in [1.165, 1.54) is 0 Å². The van der Waals surface area contributed by atoms with Crippen molar-refractivity contribution in [2.24, 2.45) is 4.99 Å². The standard InChI is InChI=1S/C18H32N4O2.HI/c1-6-22(15(2)3)13-11-20-18(19-4)21-12-14-24-17-9-7-16(23-5)8-10-17;/h7-10,15H,6,11-14H2,1-5H3,(H2,19,20,21);1H. The van der Waals surface area contributed by atoms with Crippen molar-refractivity contribution in [3.63, 3.8) is 0 Å². The quantitative estimate of drug-likeness (QED) is 0.241. The normalized spacial score (nSPS) is 11.2. The van der Waals surface area contributed by atoms with E-state index >= 15 is 0 Å². The number of hydrogen-bond acceptors (Lipinski definition) is 4. The van der Waals surface area contributed by atoms with E-state index in [0.717, 1.165) is 37.1 Å². The van der Waals surface area contributed by atoms with E-state index in [2.05, 4.69) is 41.3 Å². The van der Waals surface area contributed by atoms with E-state index in [4.69, 9.17) is 9.47 Å². The van der Waals surface area contributed by atoms with Crippen LogP contribution in [-0.4, -0.2) is 63.8 Å². The molecule has 0 atom stereocenters. The van der Waals surface area contributed by atoms with Crippen molar-refractivity contribution in [1.29, 1.82) is 0 Å². The monoisotopic (exact) mass is 464 g/mol. The average molecular weight is 464 g/mol. The number of hydrogen-bond donors (Lipinski definition) is 2. The van der Waals surface area contributed by atoms with E-state index in [9.17, 15) is 0 Å². The van der Waals surface area contributed by atoms with Crippen LogP contribution in [0.25, 0.3) is 0 Å². The first kappa shape index (κ1) is 23.8. The lowest BCUT2D eigenvalue weighted by Gasteiger charge is -2.25. The van der Waals surface area contributed by atoms with Gasteiger partial charge in [0, 0.05) is 26.2 Å². The summed E-state index contributed by atoms with van der Waals surface area (Å²) in [6.07, 6.45) is 0. The minimum Gasteiger partial charge on any atom is -0.497 e. The van der Waals surface area contributed by atoms with Gasteiger partial charge >= 0.3 is 0 Å². The summed E-state index contributed by atoms with van der Waals surface area (Å²) in [5.41, 5.74) is 0. The summed E-state index contributed by atoms with van der Waals surface area (Å²) in [7, 11) is 3.43. The molecule has 7 heteroatoms. The number of benzene rings is 1. The second kappa shape index (κ2) is 14.0. The molecule has 0 aliphatic heterocycles. The number of guanidine groups is 1. The Kier molecular flexibility index (Phi) is 13.3. The number of halogens is 1. The maximum absolute atomic E-state index is 5.68. The SMILES string of the molecule is CCN(CCNC(=NC)NCCOc1ccc(OC)cc1)C(C)C.I. The van der Waals surface area contributed by atoms with E-state index in [0.29, 0.717) is 19.2 Å². The molecule has 6 nitrogen and oxygen atoms in total. The first-order valence-corrected chi connectivity index (χ1v) is 8.56. The van der Waals surface area contributed by atoms with E-state index < -0.39 is 0 Å². The molecule has 144 valence electrons. The second-order valence-corrected chi connectivity index (χ2v) is 5.67. The van der Waals surface area contributed by atoms with Crippen molar-refractivity contribution >= 4 is 29.9 Å². The number of aliphatic imine (C=N–C) groups is 1. The predicted molar refractivity (Wildman–Crippen MR) is 116 cm³/mol. The number of likely N-dealkylation sites (N-methyl/N-ethyl adjacent to an activating group) is 1. The van der Waals surface area contributed by atoms with Crippen LogP contribution in [0.3, 0.4) is 0 Å². The van der Waals surface area contributed by atoms with Crippen LogP contribution in [0.4, 0.5) is 0 Å². The smallest absolute Gasteiger partial charge is 0.191 e. The molecule has 0 fully saturated rings. The summed E-state index contributed by atoms with van der Waals surface area (Å²) in [5, 5.41) is 6.58. The molecule has 0 amide bonds. The van der Waals surface area contributed by atoms with Gasteiger partial charge < -0.3 is 20.1 Å². The zero-order valence-corrected chi connectivity index (χ0v) is 18.4. The fraction of sp³-hybridized carbons (Fsp3) is 0.611. The van der Waals surface area contributed by atoms with Crippen molar-refractivity contribution in [3.8, 4) is 11.5 Å². The summed E-state index contributed by atoms with van der Waals surface area (Å²) in [4.78, 5) is 6.64. The molecule has 0 aromatic heterocycles. The van der Waals surface area contributed by atoms with Gasteiger partial charge in [0.15, 0.2) is 5.96 Å². The Labute approximate surface area is 169 Å². The molecule has 1 aromatic carbocycles. The number of nitrogens with zero attached hydrogens (tertiary/aromatic N) is 2. The molecule has 0 radical (unpaired) electrons. The summed E-state index contributed by atoms with van der Waals surface area (Å²) >= 11 is 0. The molecule has 0 unspecified atom stereocenters. The molecule has 0 heterocycles. The van der Waals surface area contributed by atoms with Gasteiger partial charge in [-0.25, -0.2) is 0 Å². The van der Waals surface area contributed by atoms with Gasteiger partial charge in [-0.2, -0.15) is 0 Å². The van der Waals surface area contributed by atoms with Gasteiger partial charge in [0.05, 0.1) is 13.7 Å². The van der Waals surface area contributed by atoms with Gasteiger partial charge in [-0.3, -0.25) is 9.89 Å². The first-order chi connectivity index (χ1) is 11.6. The Hall–Kier alpha value is -1.22. The third kappa shape index (κ3) is 9.74. The van der Waals surface area contributed by atoms with Crippen LogP contribution in [0.2, 0.25) is 0 Å². The summed E-state index contributed by atoms with van der Waals surface area (Å²) < 4.78 is 10.8. The van der Waals surface area contributed by atoms with Crippen molar-refractivity contribution in [3.05, 3.63) is 24.3 Å². The van der Waals surface area contributed by atoms with Gasteiger partial charge in [0.25, 0.3) is 0 Å². The number of methoxy groups -OCH3 is 1. The summed E-state index contributed by atoms with van der Waals surface area (Å²) in [6, 6.07) is 8.13. The maximum Gasteiger partial charge on any atom is 0.191 e. The fourth-order valence-corrected chi connectivity index (χ4v) is 2.33. The average Bonchev–Trinajstić information content (AvgIpc) is 2.60. The van der Waals surface area contributed by atoms with E-state index in [1.807, 2.05) is 24.3 Å². The molecule has 25 heavy (non-hydrogen) atoms. The lowest BCUT2D eigenvalue weighted by molar-refractivity contribution is 0.237. The highest BCUT2D eigenvalue weighted by Crippen LogP contribution is 2.16. The summed E-state index contributed by atoms with van der Waals surface area (Å²) in [6.45, 7) is 10.8. The van der Waals surface area contributed by atoms with Gasteiger partial charge in [-0.15, -0.1) is 24.0 Å². The molecule has 0 saturated carbocycles. The Morgan fingerprint density at radius 3 is 2.24 bits per heavy atom. The van der Waals surface area contributed by atoms with Gasteiger partial charge in [-0.1, -0.05) is 6.92 Å². The zero-order valence-electron chi connectivity index (χ0n) is 16.0. The first-order valence-electron chi connectivity index (χ1n) is 8.56. The van der Waals surface area contributed by atoms with Crippen LogP contribution in [0.15, 0.2) is 29.3 Å². The molecular weight excluding hydrogens is 431 g/mol. The molecular formula is C18H33IN4O2. The highest BCUT2D eigenvalue weighted by Gasteiger charge is 2.06. The van der Waals surface area contributed by atoms with Crippen LogP contribution in [0.5, 0.6) is 11.5 Å². The fourth-order valence-electron chi connectivity index (χ4n) is 2.33. The predicted octanol–water partition coefficient (Wildman–Crippen LogP) is 2.59. The molecule has 1 rings (SSSR count). The third-order valence-electron chi connectivity index (χ3n) is 3.77. The van der Waals surface area contributed by atoms with Crippen LogP contribution >= 0.6 is 24.0 Å². The van der Waals surface area contributed by atoms with E-state index in [1.54, 1.807) is 14.2 Å². The number of ether oxygens (including phenoxy) is 2. The molecule has 0 aliphatic carbocycles. The van der Waals surface area contributed by atoms with Crippen LogP contribution in [0, 0.1) is 0 Å². The minimum absolute atomic E-state index is 0. The van der Waals surface area contributed by atoms with Crippen molar-refractivity contribution in [2.75, 3.05) is 46.9 Å². The number of nitrogens with one attached hydrogen (secondary N) is 2. The highest BCUT2D eigenvalue weighted by atomic mass is 127. The molecule has 2 N–H and O–H groups in total. The topological polar surface area (TPSA) is 58.1 Å². The van der Waals surface area contributed by atoms with Crippen LogP contribution < -0.4 is 20.1 Å². The molecule has 0 aliphatic rings. The Morgan fingerprint density at radius 2 is 1.72 bits per heavy atom. The lowest BCUT2D eigenvalue weighted by atomic mass is 10.3. The van der Waals surface area contributed by atoms with Gasteiger partial charge in [-0.05, 0) is 44.7 Å². The number of rotatable bonds is 10. The largest absolute Gasteiger partial charge is 0.497 e. The molecule has 0 saturated heterocycles. The van der Waals surface area contributed by atoms with E-state index in [-0.39, 0.29) is 24.0 Å². The zero-order chi connectivity index (χ0) is 17.8. The van der Waals surface area contributed by atoms with Gasteiger partial charge in [0.1, 0.15) is 18.1 Å². The minimum atomic E-state index is 0. The Bertz CT molecular complexity index is 480. The van der Waals surface area contributed by atoms with Crippen molar-refractivity contribution in [1.82, 2.24) is 15.5 Å². The molecule has 0 spiro atoms. The second-order valence-electron chi connectivity index (χ2n) is 5.67. The third-order valence-corrected chi connectivity index (χ3v) is 3.77. The van der Waals surface area contributed by atoms with Crippen molar-refractivity contribution < 1.29 is 9.47 Å². The summed E-state index contributed by atoms with van der Waals surface area (Å²) in [5.74, 6) is 2.46. The van der Waals surface area contributed by atoms with Gasteiger partial charge in [0.2, 0.25) is 0 Å². The van der Waals surface area contributed by atoms with Crippen molar-refractivity contribution in [2.45, 2.75) is 26.8 Å². The Morgan fingerprint density at radius 1 is 1.12 bits per heavy atom. The molecule has 0 bridgehead atoms. The maximum atomic E-state index is 5.68. The Balaban J connectivity index is 0.00000576. The molecule has 1 aromatic rings.